The Labute approximate surface area is 113 Å². The first-order chi connectivity index (χ1) is 9.49. The van der Waals surface area contributed by atoms with Gasteiger partial charge in [-0.1, -0.05) is 6.07 Å². The minimum Gasteiger partial charge on any atom is -0.503 e. The molecule has 0 saturated heterocycles. The highest BCUT2D eigenvalue weighted by molar-refractivity contribution is 6.04. The number of aromatic nitrogens is 1. The number of amides is 2. The van der Waals surface area contributed by atoms with Gasteiger partial charge in [0.1, 0.15) is 5.69 Å². The molecule has 0 aliphatic carbocycles. The monoisotopic (exact) mass is 275 g/mol. The Hall–Kier alpha value is -2.96. The maximum atomic E-state index is 13.1. The van der Waals surface area contributed by atoms with Crippen molar-refractivity contribution in [3.05, 3.63) is 53.6 Å². The molecule has 0 unspecified atom stereocenters. The van der Waals surface area contributed by atoms with Crippen LogP contribution in [0.5, 0.6) is 5.75 Å². The first kappa shape index (κ1) is 13.5. The molecule has 0 aliphatic heterocycles. The number of primary amides is 1. The van der Waals surface area contributed by atoms with Crippen LogP contribution >= 0.6 is 0 Å². The number of phenolic OH excluding ortho intramolecular Hbond substituents is 1. The fraction of sp³-hybridized carbons (Fsp3) is 0. The van der Waals surface area contributed by atoms with Gasteiger partial charge in [0.15, 0.2) is 11.6 Å². The number of anilines is 1. The van der Waals surface area contributed by atoms with E-state index < -0.39 is 23.4 Å². The molecule has 0 aliphatic rings. The highest BCUT2D eigenvalue weighted by atomic mass is 19.1. The maximum absolute atomic E-state index is 13.1. The molecule has 0 saturated carbocycles. The van der Waals surface area contributed by atoms with Gasteiger partial charge in [0.2, 0.25) is 5.91 Å². The van der Waals surface area contributed by atoms with Gasteiger partial charge in [0, 0.05) is 6.20 Å². The number of nitrogens with one attached hydrogen (secondary N) is 1. The average molecular weight is 275 g/mol. The van der Waals surface area contributed by atoms with Gasteiger partial charge >= 0.3 is 0 Å². The van der Waals surface area contributed by atoms with Crippen molar-refractivity contribution >= 4 is 17.5 Å². The van der Waals surface area contributed by atoms with Crippen molar-refractivity contribution in [3.63, 3.8) is 0 Å². The molecule has 7 heteroatoms. The average Bonchev–Trinajstić information content (AvgIpc) is 2.44. The van der Waals surface area contributed by atoms with Crippen LogP contribution in [0.2, 0.25) is 0 Å². The standard InChI is InChI=1S/C13H10FN3O3/c14-8-2-1-3-9(11(8)18)17-13(20)10-5-4-7(6-16-10)12(15)19/h1-6,18H,(H2,15,19)(H,17,20). The van der Waals surface area contributed by atoms with Crippen LogP contribution in [-0.4, -0.2) is 21.9 Å². The van der Waals surface area contributed by atoms with Crippen molar-refractivity contribution in [2.75, 3.05) is 5.32 Å². The summed E-state index contributed by atoms with van der Waals surface area (Å²) in [6, 6.07) is 6.38. The zero-order chi connectivity index (χ0) is 14.7. The van der Waals surface area contributed by atoms with E-state index in [-0.39, 0.29) is 16.9 Å². The Bertz CT molecular complexity index is 671. The summed E-state index contributed by atoms with van der Waals surface area (Å²) in [5, 5.41) is 11.7. The number of pyridine rings is 1. The molecule has 1 aromatic carbocycles. The van der Waals surface area contributed by atoms with Crippen LogP contribution < -0.4 is 11.1 Å². The lowest BCUT2D eigenvalue weighted by Gasteiger charge is -2.07. The molecule has 4 N–H and O–H groups in total. The van der Waals surface area contributed by atoms with E-state index in [0.29, 0.717) is 0 Å². The molecule has 2 aromatic rings. The summed E-state index contributed by atoms with van der Waals surface area (Å²) in [6.45, 7) is 0. The van der Waals surface area contributed by atoms with E-state index in [9.17, 15) is 19.1 Å². The van der Waals surface area contributed by atoms with Crippen LogP contribution in [-0.2, 0) is 0 Å². The second kappa shape index (κ2) is 5.35. The molecule has 2 amide bonds. The quantitative estimate of drug-likeness (QED) is 0.733. The largest absolute Gasteiger partial charge is 0.503 e. The second-order valence-corrected chi connectivity index (χ2v) is 3.89. The SMILES string of the molecule is NC(=O)c1ccc(C(=O)Nc2cccc(F)c2O)nc1. The molecular weight excluding hydrogens is 265 g/mol. The number of hydrogen-bond donors (Lipinski definition) is 3. The minimum atomic E-state index is -0.847. The lowest BCUT2D eigenvalue weighted by molar-refractivity contribution is 0.0993. The minimum absolute atomic E-state index is 0.00124. The third kappa shape index (κ3) is 2.72. The van der Waals surface area contributed by atoms with E-state index in [1.807, 2.05) is 0 Å². The van der Waals surface area contributed by atoms with Crippen LogP contribution in [0.25, 0.3) is 0 Å². The van der Waals surface area contributed by atoms with Crippen molar-refractivity contribution in [1.29, 1.82) is 0 Å². The van der Waals surface area contributed by atoms with Crippen LogP contribution in [0.15, 0.2) is 36.5 Å². The molecule has 1 heterocycles. The van der Waals surface area contributed by atoms with Gasteiger partial charge < -0.3 is 16.2 Å². The topological polar surface area (TPSA) is 105 Å². The van der Waals surface area contributed by atoms with Crippen molar-refractivity contribution in [2.24, 2.45) is 5.73 Å². The van der Waals surface area contributed by atoms with Gasteiger partial charge in [0.05, 0.1) is 11.3 Å². The lowest BCUT2D eigenvalue weighted by atomic mass is 10.2. The van der Waals surface area contributed by atoms with Crippen LogP contribution in [0.4, 0.5) is 10.1 Å². The van der Waals surface area contributed by atoms with Crippen molar-refractivity contribution in [3.8, 4) is 5.75 Å². The van der Waals surface area contributed by atoms with Gasteiger partial charge in [-0.15, -0.1) is 0 Å². The number of nitrogens with two attached hydrogens (primary N) is 1. The lowest BCUT2D eigenvalue weighted by Crippen LogP contribution is -2.16. The van der Waals surface area contributed by atoms with E-state index in [2.05, 4.69) is 10.3 Å². The van der Waals surface area contributed by atoms with Gasteiger partial charge in [0.25, 0.3) is 5.91 Å². The number of carbonyl (C=O) groups is 2. The highest BCUT2D eigenvalue weighted by Crippen LogP contribution is 2.26. The Morgan fingerprint density at radius 3 is 2.60 bits per heavy atom. The summed E-state index contributed by atoms with van der Waals surface area (Å²) in [5.74, 6) is -2.82. The third-order valence-corrected chi connectivity index (χ3v) is 2.52. The zero-order valence-electron chi connectivity index (χ0n) is 10.1. The molecule has 2 rings (SSSR count). The number of carbonyl (C=O) groups excluding carboxylic acids is 2. The molecular formula is C13H10FN3O3. The van der Waals surface area contributed by atoms with Crippen LogP contribution in [0.1, 0.15) is 20.8 Å². The smallest absolute Gasteiger partial charge is 0.274 e. The molecule has 0 bridgehead atoms. The highest BCUT2D eigenvalue weighted by Gasteiger charge is 2.13. The molecule has 102 valence electrons. The fourth-order valence-corrected chi connectivity index (χ4v) is 1.48. The predicted molar refractivity (Wildman–Crippen MR) is 68.8 cm³/mol. The van der Waals surface area contributed by atoms with E-state index >= 15 is 0 Å². The number of nitrogens with zero attached hydrogens (tertiary/aromatic N) is 1. The van der Waals surface area contributed by atoms with Gasteiger partial charge in [-0.05, 0) is 24.3 Å². The van der Waals surface area contributed by atoms with E-state index in [1.165, 1.54) is 24.3 Å². The van der Waals surface area contributed by atoms with E-state index in [0.717, 1.165) is 12.3 Å². The first-order valence-corrected chi connectivity index (χ1v) is 5.53. The Balaban J connectivity index is 2.20. The van der Waals surface area contributed by atoms with E-state index in [1.54, 1.807) is 0 Å². The Morgan fingerprint density at radius 1 is 1.25 bits per heavy atom. The first-order valence-electron chi connectivity index (χ1n) is 5.53. The normalized spacial score (nSPS) is 10.1. The molecule has 0 radical (unpaired) electrons. The number of halogens is 1. The zero-order valence-corrected chi connectivity index (χ0v) is 10.1. The Morgan fingerprint density at radius 2 is 2.00 bits per heavy atom. The van der Waals surface area contributed by atoms with Gasteiger partial charge in [-0.25, -0.2) is 4.39 Å². The number of aromatic hydroxyl groups is 1. The molecule has 0 spiro atoms. The summed E-state index contributed by atoms with van der Waals surface area (Å²) in [4.78, 5) is 26.5. The van der Waals surface area contributed by atoms with Gasteiger partial charge in [-0.2, -0.15) is 0 Å². The number of phenols is 1. The molecule has 0 atom stereocenters. The van der Waals surface area contributed by atoms with Crippen molar-refractivity contribution in [2.45, 2.75) is 0 Å². The molecule has 1 aromatic heterocycles. The summed E-state index contributed by atoms with van der Waals surface area (Å²) in [5.41, 5.74) is 5.13. The second-order valence-electron chi connectivity index (χ2n) is 3.89. The van der Waals surface area contributed by atoms with E-state index in [4.69, 9.17) is 5.73 Å². The van der Waals surface area contributed by atoms with Crippen LogP contribution in [0, 0.1) is 5.82 Å². The molecule has 6 nitrogen and oxygen atoms in total. The summed E-state index contributed by atoms with van der Waals surface area (Å²) >= 11 is 0. The fourth-order valence-electron chi connectivity index (χ4n) is 1.48. The number of rotatable bonds is 3. The van der Waals surface area contributed by atoms with Crippen LogP contribution in [0.3, 0.4) is 0 Å². The Kier molecular flexibility index (Phi) is 3.60. The summed E-state index contributed by atoms with van der Waals surface area (Å²) < 4.78 is 13.1. The summed E-state index contributed by atoms with van der Waals surface area (Å²) in [6.07, 6.45) is 1.16. The maximum Gasteiger partial charge on any atom is 0.274 e. The number of para-hydroxylation sites is 1. The summed E-state index contributed by atoms with van der Waals surface area (Å²) in [7, 11) is 0. The molecule has 0 fully saturated rings. The third-order valence-electron chi connectivity index (χ3n) is 2.52. The van der Waals surface area contributed by atoms with Crippen molar-refractivity contribution in [1.82, 2.24) is 4.98 Å². The van der Waals surface area contributed by atoms with Gasteiger partial charge in [-0.3, -0.25) is 14.6 Å². The molecule has 20 heavy (non-hydrogen) atoms. The van der Waals surface area contributed by atoms with Crippen molar-refractivity contribution < 1.29 is 19.1 Å². The predicted octanol–water partition coefficient (Wildman–Crippen LogP) is 1.28. The number of hydrogen-bond acceptors (Lipinski definition) is 4. The number of benzene rings is 1.